The predicted octanol–water partition coefficient (Wildman–Crippen LogP) is 3.11. The van der Waals surface area contributed by atoms with E-state index in [2.05, 4.69) is 17.0 Å². The lowest BCUT2D eigenvalue weighted by atomic mass is 9.32. The molecule has 2 aromatic heterocycles. The molecule has 5 nitrogen and oxygen atoms in total. The summed E-state index contributed by atoms with van der Waals surface area (Å²) < 4.78 is 1.95. The number of imidazole rings is 1. The van der Waals surface area contributed by atoms with Gasteiger partial charge in [0.05, 0.1) is 17.5 Å². The molecule has 6 rings (SSSR count). The van der Waals surface area contributed by atoms with Gasteiger partial charge < -0.3 is 5.11 Å². The number of carboxylic acid groups (broad SMARTS) is 1. The number of benzene rings is 1. The van der Waals surface area contributed by atoms with Gasteiger partial charge in [-0.3, -0.25) is 0 Å². The van der Waals surface area contributed by atoms with Crippen LogP contribution in [0, 0.1) is 6.92 Å². The summed E-state index contributed by atoms with van der Waals surface area (Å²) in [5.74, 6) is -0.858. The van der Waals surface area contributed by atoms with Crippen molar-refractivity contribution >= 4 is 11.6 Å². The Kier molecular flexibility index (Phi) is 2.42. The second kappa shape index (κ2) is 4.23. The van der Waals surface area contributed by atoms with Crippen LogP contribution in [-0.4, -0.2) is 25.7 Å². The minimum absolute atomic E-state index is 0.133. The van der Waals surface area contributed by atoms with Crippen molar-refractivity contribution in [3.8, 4) is 0 Å². The molecule has 0 atom stereocenters. The number of hydrogen-bond acceptors (Lipinski definition) is 3. The maximum absolute atomic E-state index is 11.3. The van der Waals surface area contributed by atoms with E-state index in [9.17, 15) is 9.90 Å². The number of nitrogens with zero attached hydrogens (tertiary/aromatic N) is 3. The minimum Gasteiger partial charge on any atom is -0.478 e. The van der Waals surface area contributed by atoms with Crippen molar-refractivity contribution in [1.82, 2.24) is 14.6 Å². The maximum Gasteiger partial charge on any atom is 0.335 e. The lowest BCUT2D eigenvalue weighted by molar-refractivity contribution is -0.0738. The van der Waals surface area contributed by atoms with Crippen LogP contribution in [0.1, 0.15) is 46.4 Å². The van der Waals surface area contributed by atoms with E-state index < -0.39 is 5.97 Å². The summed E-state index contributed by atoms with van der Waals surface area (Å²) in [5.41, 5.74) is 5.12. The number of fused-ring (bicyclic) bond motifs is 1. The summed E-state index contributed by atoms with van der Waals surface area (Å²) in [6.45, 7) is 2.07. The van der Waals surface area contributed by atoms with Crippen LogP contribution in [0.4, 0.5) is 0 Å². The quantitative estimate of drug-likeness (QED) is 0.805. The monoisotopic (exact) mass is 319 g/mol. The second-order valence-electron chi connectivity index (χ2n) is 7.36. The first-order chi connectivity index (χ1) is 11.5. The van der Waals surface area contributed by atoms with Crippen molar-refractivity contribution in [2.24, 2.45) is 0 Å². The van der Waals surface area contributed by atoms with Crippen LogP contribution in [-0.2, 0) is 10.8 Å². The average molecular weight is 319 g/mol. The van der Waals surface area contributed by atoms with E-state index >= 15 is 0 Å². The molecular formula is C19H17N3O2. The van der Waals surface area contributed by atoms with Gasteiger partial charge in [0.1, 0.15) is 0 Å². The molecule has 2 heterocycles. The average Bonchev–Trinajstić information content (AvgIpc) is 2.90. The highest BCUT2D eigenvalue weighted by atomic mass is 16.4. The van der Waals surface area contributed by atoms with E-state index in [0.29, 0.717) is 5.56 Å². The Morgan fingerprint density at radius 2 is 2.00 bits per heavy atom. The molecule has 3 fully saturated rings. The molecule has 0 amide bonds. The van der Waals surface area contributed by atoms with Crippen LogP contribution in [0.2, 0.25) is 0 Å². The molecule has 24 heavy (non-hydrogen) atoms. The number of carboxylic acids is 1. The molecule has 1 N–H and O–H groups in total. The molecule has 1 aromatic carbocycles. The van der Waals surface area contributed by atoms with Gasteiger partial charge in [0.25, 0.3) is 0 Å². The predicted molar refractivity (Wildman–Crippen MR) is 88.3 cm³/mol. The van der Waals surface area contributed by atoms with Gasteiger partial charge in [-0.1, -0.05) is 6.07 Å². The summed E-state index contributed by atoms with van der Waals surface area (Å²) >= 11 is 0. The number of carbonyl (C=O) groups is 1. The maximum atomic E-state index is 11.3. The number of aromatic carboxylic acids is 1. The van der Waals surface area contributed by atoms with Crippen LogP contribution in [0.3, 0.4) is 0 Å². The summed E-state index contributed by atoms with van der Waals surface area (Å²) in [4.78, 5) is 15.8. The fraction of sp³-hybridized carbons (Fsp3) is 0.316. The van der Waals surface area contributed by atoms with Gasteiger partial charge in [0.15, 0.2) is 5.65 Å². The van der Waals surface area contributed by atoms with E-state index in [4.69, 9.17) is 0 Å². The fourth-order valence-corrected chi connectivity index (χ4v) is 4.86. The standard InChI is InChI=1S/C19H17N3O2/c1-12-4-5-13(17(23)24)7-14(12)18-9-19(10-18,11-18)15-8-20-16-3-2-6-21-22(15)16/h2-8H,9-11H2,1H3,(H,23,24). The third kappa shape index (κ3) is 1.57. The van der Waals surface area contributed by atoms with E-state index in [0.717, 1.165) is 24.9 Å². The molecule has 5 heteroatoms. The summed E-state index contributed by atoms with van der Waals surface area (Å²) in [6, 6.07) is 9.36. The van der Waals surface area contributed by atoms with Gasteiger partial charge in [0.2, 0.25) is 0 Å². The van der Waals surface area contributed by atoms with Crippen LogP contribution in [0.25, 0.3) is 5.65 Å². The van der Waals surface area contributed by atoms with Gasteiger partial charge in [-0.05, 0) is 67.0 Å². The zero-order chi connectivity index (χ0) is 16.5. The Morgan fingerprint density at radius 3 is 2.75 bits per heavy atom. The largest absolute Gasteiger partial charge is 0.478 e. The molecule has 3 aromatic rings. The van der Waals surface area contributed by atoms with E-state index in [-0.39, 0.29) is 10.8 Å². The normalized spacial score (nSPS) is 27.5. The molecular weight excluding hydrogens is 302 g/mol. The molecule has 3 saturated carbocycles. The Labute approximate surface area is 139 Å². The highest BCUT2D eigenvalue weighted by Crippen LogP contribution is 2.74. The number of rotatable bonds is 3. The van der Waals surface area contributed by atoms with Gasteiger partial charge in [-0.15, -0.1) is 0 Å². The van der Waals surface area contributed by atoms with Gasteiger partial charge in [0, 0.05) is 11.6 Å². The summed E-state index contributed by atoms with van der Waals surface area (Å²) in [5, 5.41) is 13.7. The lowest BCUT2D eigenvalue weighted by Crippen LogP contribution is -2.67. The smallest absolute Gasteiger partial charge is 0.335 e. The molecule has 0 saturated heterocycles. The third-order valence-corrected chi connectivity index (χ3v) is 5.91. The number of aromatic nitrogens is 3. The Morgan fingerprint density at radius 1 is 1.21 bits per heavy atom. The van der Waals surface area contributed by atoms with Crippen molar-refractivity contribution in [2.75, 3.05) is 0 Å². The SMILES string of the molecule is Cc1ccc(C(=O)O)cc1C12CC(c3cnc4cccnn34)(C1)C2. The molecule has 0 radical (unpaired) electrons. The molecule has 3 aliphatic carbocycles. The van der Waals surface area contributed by atoms with E-state index in [1.807, 2.05) is 35.0 Å². The van der Waals surface area contributed by atoms with Crippen LogP contribution < -0.4 is 0 Å². The molecule has 0 unspecified atom stereocenters. The second-order valence-corrected chi connectivity index (χ2v) is 7.36. The van der Waals surface area contributed by atoms with Gasteiger partial charge >= 0.3 is 5.97 Å². The van der Waals surface area contributed by atoms with Crippen molar-refractivity contribution in [1.29, 1.82) is 0 Å². The van der Waals surface area contributed by atoms with Crippen LogP contribution >= 0.6 is 0 Å². The minimum atomic E-state index is -0.858. The highest BCUT2D eigenvalue weighted by Gasteiger charge is 2.70. The first kappa shape index (κ1) is 13.7. The molecule has 0 spiro atoms. The number of hydrogen-bond donors (Lipinski definition) is 1. The van der Waals surface area contributed by atoms with Crippen LogP contribution in [0.5, 0.6) is 0 Å². The zero-order valence-electron chi connectivity index (χ0n) is 13.4. The molecule has 0 aliphatic heterocycles. The number of aryl methyl sites for hydroxylation is 1. The van der Waals surface area contributed by atoms with Gasteiger partial charge in [-0.25, -0.2) is 14.3 Å². The van der Waals surface area contributed by atoms with Crippen molar-refractivity contribution < 1.29 is 9.90 Å². The fourth-order valence-electron chi connectivity index (χ4n) is 4.86. The highest BCUT2D eigenvalue weighted by molar-refractivity contribution is 5.88. The Bertz CT molecular complexity index is 985. The Balaban J connectivity index is 1.50. The zero-order valence-corrected chi connectivity index (χ0v) is 13.4. The van der Waals surface area contributed by atoms with Crippen molar-refractivity contribution in [3.05, 3.63) is 65.1 Å². The molecule has 2 bridgehead atoms. The van der Waals surface area contributed by atoms with Crippen molar-refractivity contribution in [2.45, 2.75) is 37.0 Å². The van der Waals surface area contributed by atoms with Crippen LogP contribution in [0.15, 0.2) is 42.7 Å². The van der Waals surface area contributed by atoms with E-state index in [1.54, 1.807) is 12.3 Å². The first-order valence-electron chi connectivity index (χ1n) is 8.17. The summed E-state index contributed by atoms with van der Waals surface area (Å²) in [6.07, 6.45) is 6.89. The molecule has 3 aliphatic rings. The summed E-state index contributed by atoms with van der Waals surface area (Å²) in [7, 11) is 0. The third-order valence-electron chi connectivity index (χ3n) is 5.91. The van der Waals surface area contributed by atoms with Gasteiger partial charge in [-0.2, -0.15) is 5.10 Å². The van der Waals surface area contributed by atoms with Crippen molar-refractivity contribution in [3.63, 3.8) is 0 Å². The van der Waals surface area contributed by atoms with E-state index in [1.165, 1.54) is 16.8 Å². The molecule has 120 valence electrons. The lowest BCUT2D eigenvalue weighted by Gasteiger charge is -2.71. The first-order valence-corrected chi connectivity index (χ1v) is 8.17. The topological polar surface area (TPSA) is 67.5 Å². The Hall–Kier alpha value is -2.69.